The van der Waals surface area contributed by atoms with E-state index in [1.165, 1.54) is 17.0 Å². The van der Waals surface area contributed by atoms with Gasteiger partial charge in [0.1, 0.15) is 12.6 Å². The molecule has 3 aromatic rings. The second-order valence-electron chi connectivity index (χ2n) is 10.8. The third-order valence-corrected chi connectivity index (χ3v) is 10.1. The van der Waals surface area contributed by atoms with Crippen molar-refractivity contribution in [3.8, 4) is 0 Å². The van der Waals surface area contributed by atoms with Crippen LogP contribution in [-0.2, 0) is 26.2 Å². The van der Waals surface area contributed by atoms with E-state index in [9.17, 15) is 18.0 Å². The average molecular weight is 631 g/mol. The van der Waals surface area contributed by atoms with E-state index < -0.39 is 28.5 Å². The van der Waals surface area contributed by atoms with Crippen LogP contribution in [0.3, 0.4) is 0 Å². The van der Waals surface area contributed by atoms with Crippen molar-refractivity contribution in [2.75, 3.05) is 10.8 Å². The van der Waals surface area contributed by atoms with Crippen LogP contribution in [0.2, 0.25) is 10.0 Å². The first-order chi connectivity index (χ1) is 20.0. The van der Waals surface area contributed by atoms with Crippen LogP contribution < -0.4 is 9.62 Å². The monoisotopic (exact) mass is 629 g/mol. The van der Waals surface area contributed by atoms with Crippen LogP contribution in [0.5, 0.6) is 0 Å². The first-order valence-corrected chi connectivity index (χ1v) is 16.4. The molecule has 0 aromatic heterocycles. The third-order valence-electron chi connectivity index (χ3n) is 7.71. The maximum atomic E-state index is 14.3. The first-order valence-electron chi connectivity index (χ1n) is 14.2. The van der Waals surface area contributed by atoms with Gasteiger partial charge in [0.2, 0.25) is 11.8 Å². The molecule has 1 saturated carbocycles. The summed E-state index contributed by atoms with van der Waals surface area (Å²) in [4.78, 5) is 29.3. The standard InChI is InChI=1S/C32H37Cl2N3O4S/c1-4-29(32(39)35-26-10-6-7-11-26)36(20-24-9-5-8-12-28(24)34)31(38)21-37(30-19-25(33)16-15-23(30)3)42(40,41)27-17-13-22(2)14-18-27/h5,8-9,12-19,26,29H,4,6-7,10-11,20-21H2,1-3H3,(H,35,39)/t29-/m1/s1. The van der Waals surface area contributed by atoms with Gasteiger partial charge in [-0.05, 0) is 74.6 Å². The van der Waals surface area contributed by atoms with E-state index in [-0.39, 0.29) is 29.1 Å². The molecule has 0 saturated heterocycles. The molecular weight excluding hydrogens is 593 g/mol. The second-order valence-corrected chi connectivity index (χ2v) is 13.5. The van der Waals surface area contributed by atoms with Crippen LogP contribution in [0.4, 0.5) is 5.69 Å². The third kappa shape index (κ3) is 7.46. The van der Waals surface area contributed by atoms with Crippen LogP contribution in [0.1, 0.15) is 55.7 Å². The highest BCUT2D eigenvalue weighted by Crippen LogP contribution is 2.30. The fourth-order valence-electron chi connectivity index (χ4n) is 5.30. The van der Waals surface area contributed by atoms with Crippen molar-refractivity contribution in [2.45, 2.75) is 76.4 Å². The molecule has 1 fully saturated rings. The Balaban J connectivity index is 1.75. The zero-order valence-corrected chi connectivity index (χ0v) is 26.5. The van der Waals surface area contributed by atoms with Gasteiger partial charge in [-0.15, -0.1) is 0 Å². The Labute approximate surface area is 258 Å². The van der Waals surface area contributed by atoms with Crippen molar-refractivity contribution in [1.82, 2.24) is 10.2 Å². The van der Waals surface area contributed by atoms with Crippen molar-refractivity contribution in [3.05, 3.63) is 93.5 Å². The van der Waals surface area contributed by atoms with Crippen LogP contribution in [0.15, 0.2) is 71.6 Å². The van der Waals surface area contributed by atoms with Gasteiger partial charge in [0.05, 0.1) is 10.6 Å². The average Bonchev–Trinajstić information content (AvgIpc) is 3.47. The lowest BCUT2D eigenvalue weighted by Gasteiger charge is -2.34. The molecule has 0 unspecified atom stereocenters. The predicted octanol–water partition coefficient (Wildman–Crippen LogP) is 6.67. The molecule has 0 bridgehead atoms. The summed E-state index contributed by atoms with van der Waals surface area (Å²) in [6.07, 6.45) is 4.24. The molecule has 10 heteroatoms. The van der Waals surface area contributed by atoms with E-state index in [4.69, 9.17) is 23.2 Å². The number of anilines is 1. The van der Waals surface area contributed by atoms with Crippen LogP contribution >= 0.6 is 23.2 Å². The first kappa shape index (κ1) is 31.9. The van der Waals surface area contributed by atoms with E-state index in [1.807, 2.05) is 19.9 Å². The highest BCUT2D eigenvalue weighted by Gasteiger charge is 2.35. The van der Waals surface area contributed by atoms with Gasteiger partial charge in [-0.3, -0.25) is 13.9 Å². The van der Waals surface area contributed by atoms with E-state index in [0.717, 1.165) is 35.6 Å². The van der Waals surface area contributed by atoms with Crippen molar-refractivity contribution in [3.63, 3.8) is 0 Å². The number of carbonyl (C=O) groups excluding carboxylic acids is 2. The van der Waals surface area contributed by atoms with E-state index in [1.54, 1.807) is 55.5 Å². The number of nitrogens with one attached hydrogen (secondary N) is 1. The summed E-state index contributed by atoms with van der Waals surface area (Å²) in [5.74, 6) is -0.782. The molecule has 1 aliphatic carbocycles. The van der Waals surface area contributed by atoms with Gasteiger partial charge in [-0.2, -0.15) is 0 Å². The number of rotatable bonds is 11. The molecule has 1 aliphatic rings. The summed E-state index contributed by atoms with van der Waals surface area (Å²) >= 11 is 12.8. The molecule has 2 amide bonds. The highest BCUT2D eigenvalue weighted by molar-refractivity contribution is 7.92. The zero-order valence-electron chi connectivity index (χ0n) is 24.1. The number of amides is 2. The number of carbonyl (C=O) groups is 2. The molecule has 42 heavy (non-hydrogen) atoms. The Morgan fingerprint density at radius 3 is 2.29 bits per heavy atom. The van der Waals surface area contributed by atoms with Crippen LogP contribution in [-0.4, -0.2) is 43.8 Å². The molecule has 224 valence electrons. The Hall–Kier alpha value is -3.07. The maximum absolute atomic E-state index is 14.3. The molecule has 4 rings (SSSR count). The molecule has 7 nitrogen and oxygen atoms in total. The second kappa shape index (κ2) is 13.9. The number of halogens is 2. The fraction of sp³-hybridized carbons (Fsp3) is 0.375. The van der Waals surface area contributed by atoms with Gasteiger partial charge in [-0.25, -0.2) is 8.42 Å². The number of hydrogen-bond donors (Lipinski definition) is 1. The molecule has 1 atom stereocenters. The SMILES string of the molecule is CC[C@H](C(=O)NC1CCCC1)N(Cc1ccccc1Cl)C(=O)CN(c1cc(Cl)ccc1C)S(=O)(=O)c1ccc(C)cc1. The van der Waals surface area contributed by atoms with Crippen LogP contribution in [0, 0.1) is 13.8 Å². The lowest BCUT2D eigenvalue weighted by atomic mass is 10.1. The molecule has 3 aromatic carbocycles. The quantitative estimate of drug-likeness (QED) is 0.256. The largest absolute Gasteiger partial charge is 0.352 e. The van der Waals surface area contributed by atoms with Crippen molar-refractivity contribution in [2.24, 2.45) is 0 Å². The molecule has 0 spiro atoms. The maximum Gasteiger partial charge on any atom is 0.264 e. The summed E-state index contributed by atoms with van der Waals surface area (Å²) in [5.41, 5.74) is 2.48. The van der Waals surface area contributed by atoms with Crippen molar-refractivity contribution >= 4 is 50.7 Å². The fourth-order valence-corrected chi connectivity index (χ4v) is 7.13. The predicted molar refractivity (Wildman–Crippen MR) is 168 cm³/mol. The molecule has 0 aliphatic heterocycles. The summed E-state index contributed by atoms with van der Waals surface area (Å²) in [6.45, 7) is 4.98. The summed E-state index contributed by atoms with van der Waals surface area (Å²) in [5, 5.41) is 3.90. The summed E-state index contributed by atoms with van der Waals surface area (Å²) in [6, 6.07) is 17.8. The van der Waals surface area contributed by atoms with Gasteiger partial charge in [0.25, 0.3) is 10.0 Å². The molecular formula is C32H37Cl2N3O4S. The van der Waals surface area contributed by atoms with Gasteiger partial charge < -0.3 is 10.2 Å². The normalized spacial score (nSPS) is 14.4. The number of benzene rings is 3. The minimum absolute atomic E-state index is 0.0437. The molecule has 1 N–H and O–H groups in total. The number of sulfonamides is 1. The topological polar surface area (TPSA) is 86.8 Å². The van der Waals surface area contributed by atoms with Crippen molar-refractivity contribution in [1.29, 1.82) is 0 Å². The highest BCUT2D eigenvalue weighted by atomic mass is 35.5. The lowest BCUT2D eigenvalue weighted by Crippen LogP contribution is -2.53. The summed E-state index contributed by atoms with van der Waals surface area (Å²) < 4.78 is 29.3. The minimum Gasteiger partial charge on any atom is -0.352 e. The van der Waals surface area contributed by atoms with Gasteiger partial charge in [0, 0.05) is 22.6 Å². The number of nitrogens with zero attached hydrogens (tertiary/aromatic N) is 2. The van der Waals surface area contributed by atoms with Gasteiger partial charge >= 0.3 is 0 Å². The van der Waals surface area contributed by atoms with E-state index >= 15 is 0 Å². The van der Waals surface area contributed by atoms with Crippen LogP contribution in [0.25, 0.3) is 0 Å². The Morgan fingerprint density at radius 1 is 0.976 bits per heavy atom. The molecule has 0 radical (unpaired) electrons. The van der Waals surface area contributed by atoms with E-state index in [2.05, 4.69) is 5.32 Å². The van der Waals surface area contributed by atoms with Gasteiger partial charge in [0.15, 0.2) is 0 Å². The van der Waals surface area contributed by atoms with Crippen molar-refractivity contribution < 1.29 is 18.0 Å². The Morgan fingerprint density at radius 2 is 1.64 bits per heavy atom. The van der Waals surface area contributed by atoms with E-state index in [0.29, 0.717) is 27.6 Å². The summed E-state index contributed by atoms with van der Waals surface area (Å²) in [7, 11) is -4.19. The number of hydrogen-bond acceptors (Lipinski definition) is 4. The minimum atomic E-state index is -4.19. The van der Waals surface area contributed by atoms with Gasteiger partial charge in [-0.1, -0.05) is 84.9 Å². The zero-order chi connectivity index (χ0) is 30.4. The lowest BCUT2D eigenvalue weighted by molar-refractivity contribution is -0.140. The smallest absolute Gasteiger partial charge is 0.264 e. The number of aryl methyl sites for hydroxylation is 2. The Kier molecular flexibility index (Phi) is 10.6. The molecule has 0 heterocycles. The Bertz CT molecular complexity index is 1520.